The van der Waals surface area contributed by atoms with Crippen molar-refractivity contribution in [2.45, 2.75) is 20.3 Å². The van der Waals surface area contributed by atoms with Crippen molar-refractivity contribution in [3.8, 4) is 10.4 Å². The Labute approximate surface area is 159 Å². The maximum atomic E-state index is 4.53. The van der Waals surface area contributed by atoms with Crippen molar-refractivity contribution in [2.24, 2.45) is 4.99 Å². The molecule has 26 heavy (non-hydrogen) atoms. The molecular weight excluding hydrogens is 336 g/mol. The van der Waals surface area contributed by atoms with Gasteiger partial charge in [-0.05, 0) is 37.5 Å². The zero-order chi connectivity index (χ0) is 18.4. The Bertz CT molecular complexity index is 890. The number of benzene rings is 2. The molecule has 0 fully saturated rings. The van der Waals surface area contributed by atoms with Crippen LogP contribution in [-0.2, 0) is 6.42 Å². The number of thiophene rings is 1. The standard InChI is InChI=1S/C23H24N2S/c1-4-24-21-16-22(20-8-6-5-7-9-20)26-23(21)18(3)25-15-14-19-12-10-17(2)11-13-19/h4-13,16,25H,3,14-15H2,1-2H3. The Morgan fingerprint density at radius 3 is 2.54 bits per heavy atom. The van der Waals surface area contributed by atoms with E-state index in [9.17, 15) is 0 Å². The fourth-order valence-electron chi connectivity index (χ4n) is 2.77. The van der Waals surface area contributed by atoms with Crippen LogP contribution in [0.3, 0.4) is 0 Å². The Hall–Kier alpha value is -2.65. The topological polar surface area (TPSA) is 24.4 Å². The molecule has 1 aromatic heterocycles. The molecule has 3 rings (SSSR count). The second-order valence-corrected chi connectivity index (χ2v) is 7.27. The Kier molecular flexibility index (Phi) is 6.03. The molecule has 0 unspecified atom stereocenters. The summed E-state index contributed by atoms with van der Waals surface area (Å²) in [5.41, 5.74) is 5.75. The fourth-order valence-corrected chi connectivity index (χ4v) is 3.83. The third-order valence-electron chi connectivity index (χ3n) is 4.19. The molecule has 3 aromatic rings. The Morgan fingerprint density at radius 2 is 1.85 bits per heavy atom. The second-order valence-electron chi connectivity index (χ2n) is 6.22. The van der Waals surface area contributed by atoms with Crippen LogP contribution >= 0.6 is 11.3 Å². The number of nitrogens with one attached hydrogen (secondary N) is 1. The number of rotatable bonds is 7. The van der Waals surface area contributed by atoms with Gasteiger partial charge >= 0.3 is 0 Å². The molecule has 0 aliphatic heterocycles. The molecule has 2 nitrogen and oxygen atoms in total. The summed E-state index contributed by atoms with van der Waals surface area (Å²) in [6.07, 6.45) is 2.81. The van der Waals surface area contributed by atoms with E-state index in [1.54, 1.807) is 11.3 Å². The second kappa shape index (κ2) is 8.63. The van der Waals surface area contributed by atoms with Crippen LogP contribution < -0.4 is 5.32 Å². The largest absolute Gasteiger partial charge is 0.384 e. The number of hydrogen-bond acceptors (Lipinski definition) is 3. The van der Waals surface area contributed by atoms with Gasteiger partial charge in [-0.3, -0.25) is 4.99 Å². The van der Waals surface area contributed by atoms with E-state index in [2.05, 4.69) is 78.4 Å². The van der Waals surface area contributed by atoms with E-state index in [0.717, 1.165) is 29.2 Å². The molecular formula is C23H24N2S. The van der Waals surface area contributed by atoms with Crippen LogP contribution in [0.25, 0.3) is 16.1 Å². The first-order valence-electron chi connectivity index (χ1n) is 8.84. The molecule has 0 aliphatic rings. The zero-order valence-electron chi connectivity index (χ0n) is 15.3. The van der Waals surface area contributed by atoms with Gasteiger partial charge in [0.05, 0.1) is 10.6 Å². The minimum Gasteiger partial charge on any atom is -0.384 e. The van der Waals surface area contributed by atoms with Crippen LogP contribution in [0.15, 0.2) is 72.2 Å². The van der Waals surface area contributed by atoms with Crippen molar-refractivity contribution in [3.63, 3.8) is 0 Å². The van der Waals surface area contributed by atoms with Gasteiger partial charge in [0, 0.05) is 23.3 Å². The average molecular weight is 361 g/mol. The fraction of sp³-hybridized carbons (Fsp3) is 0.174. The first-order chi connectivity index (χ1) is 12.7. The van der Waals surface area contributed by atoms with Crippen LogP contribution in [0.1, 0.15) is 22.9 Å². The summed E-state index contributed by atoms with van der Waals surface area (Å²) in [5, 5.41) is 3.47. The smallest absolute Gasteiger partial charge is 0.0832 e. The van der Waals surface area contributed by atoms with Gasteiger partial charge < -0.3 is 5.32 Å². The SMILES string of the molecule is C=C(NCCc1ccc(C)cc1)c1sc(-c2ccccc2)cc1N=CC. The van der Waals surface area contributed by atoms with Crippen LogP contribution in [0.4, 0.5) is 5.69 Å². The molecule has 0 spiro atoms. The van der Waals surface area contributed by atoms with Gasteiger partial charge in [0.15, 0.2) is 0 Å². The number of aliphatic imine (C=N–C) groups is 1. The molecule has 1 heterocycles. The van der Waals surface area contributed by atoms with Gasteiger partial charge in [-0.15, -0.1) is 11.3 Å². The van der Waals surface area contributed by atoms with Crippen LogP contribution in [-0.4, -0.2) is 12.8 Å². The first kappa shape index (κ1) is 18.2. The van der Waals surface area contributed by atoms with Crippen LogP contribution in [0, 0.1) is 6.92 Å². The number of aryl methyl sites for hydroxylation is 1. The van der Waals surface area contributed by atoms with Crippen molar-refractivity contribution in [3.05, 3.63) is 83.2 Å². The predicted octanol–water partition coefficient (Wildman–Crippen LogP) is 6.25. The molecule has 2 aromatic carbocycles. The van der Waals surface area contributed by atoms with E-state index in [0.29, 0.717) is 0 Å². The lowest BCUT2D eigenvalue weighted by Crippen LogP contribution is -2.14. The molecule has 0 aliphatic carbocycles. The summed E-state index contributed by atoms with van der Waals surface area (Å²) in [4.78, 5) is 6.85. The van der Waals surface area contributed by atoms with Crippen LogP contribution in [0.5, 0.6) is 0 Å². The highest BCUT2D eigenvalue weighted by Gasteiger charge is 2.12. The highest BCUT2D eigenvalue weighted by Crippen LogP contribution is 2.39. The highest BCUT2D eigenvalue weighted by atomic mass is 32.1. The van der Waals surface area contributed by atoms with Gasteiger partial charge in [-0.25, -0.2) is 0 Å². The van der Waals surface area contributed by atoms with Gasteiger partial charge in [-0.1, -0.05) is 66.7 Å². The molecule has 0 bridgehead atoms. The van der Waals surface area contributed by atoms with E-state index in [1.807, 2.05) is 19.2 Å². The quantitative estimate of drug-likeness (QED) is 0.495. The Morgan fingerprint density at radius 1 is 1.12 bits per heavy atom. The number of nitrogens with zero attached hydrogens (tertiary/aromatic N) is 1. The van der Waals surface area contributed by atoms with E-state index in [-0.39, 0.29) is 0 Å². The van der Waals surface area contributed by atoms with E-state index >= 15 is 0 Å². The summed E-state index contributed by atoms with van der Waals surface area (Å²) in [5.74, 6) is 0. The van der Waals surface area contributed by atoms with Gasteiger partial charge in [0.1, 0.15) is 0 Å². The molecule has 0 saturated heterocycles. The first-order valence-corrected chi connectivity index (χ1v) is 9.65. The average Bonchev–Trinajstić information content (AvgIpc) is 3.08. The summed E-state index contributed by atoms with van der Waals surface area (Å²) in [7, 11) is 0. The minimum atomic E-state index is 0.857. The van der Waals surface area contributed by atoms with Gasteiger partial charge in [0.25, 0.3) is 0 Å². The molecule has 0 radical (unpaired) electrons. The summed E-state index contributed by atoms with van der Waals surface area (Å²) in [6, 6.07) is 21.2. The van der Waals surface area contributed by atoms with Gasteiger partial charge in [0.2, 0.25) is 0 Å². The third kappa shape index (κ3) is 4.50. The lowest BCUT2D eigenvalue weighted by atomic mass is 10.1. The van der Waals surface area contributed by atoms with Crippen molar-refractivity contribution in [2.75, 3.05) is 6.54 Å². The summed E-state index contributed by atoms with van der Waals surface area (Å²) < 4.78 is 0. The van der Waals surface area contributed by atoms with E-state index < -0.39 is 0 Å². The van der Waals surface area contributed by atoms with Crippen LogP contribution in [0.2, 0.25) is 0 Å². The highest BCUT2D eigenvalue weighted by molar-refractivity contribution is 7.17. The van der Waals surface area contributed by atoms with Crippen molar-refractivity contribution in [1.29, 1.82) is 0 Å². The maximum absolute atomic E-state index is 4.53. The number of hydrogen-bond donors (Lipinski definition) is 1. The monoisotopic (exact) mass is 360 g/mol. The molecule has 0 saturated carbocycles. The summed E-state index contributed by atoms with van der Waals surface area (Å²) >= 11 is 1.73. The van der Waals surface area contributed by atoms with E-state index in [4.69, 9.17) is 0 Å². The summed E-state index contributed by atoms with van der Waals surface area (Å²) in [6.45, 7) is 9.16. The van der Waals surface area contributed by atoms with Crippen molar-refractivity contribution >= 4 is 28.9 Å². The lowest BCUT2D eigenvalue weighted by Gasteiger charge is -2.09. The molecule has 1 N–H and O–H groups in total. The van der Waals surface area contributed by atoms with E-state index in [1.165, 1.54) is 21.6 Å². The molecule has 0 atom stereocenters. The third-order valence-corrected chi connectivity index (χ3v) is 5.42. The van der Waals surface area contributed by atoms with Crippen molar-refractivity contribution in [1.82, 2.24) is 5.32 Å². The normalized spacial score (nSPS) is 11.0. The molecule has 3 heteroatoms. The zero-order valence-corrected chi connectivity index (χ0v) is 16.1. The Balaban J connectivity index is 1.71. The minimum absolute atomic E-state index is 0.857. The van der Waals surface area contributed by atoms with Crippen molar-refractivity contribution < 1.29 is 0 Å². The maximum Gasteiger partial charge on any atom is 0.0832 e. The molecule has 0 amide bonds. The lowest BCUT2D eigenvalue weighted by molar-refractivity contribution is 0.850. The van der Waals surface area contributed by atoms with Gasteiger partial charge in [-0.2, -0.15) is 0 Å². The predicted molar refractivity (Wildman–Crippen MR) is 116 cm³/mol. The molecule has 132 valence electrons.